The van der Waals surface area contributed by atoms with E-state index in [0.29, 0.717) is 0 Å². The molecule has 14 nitrogen and oxygen atoms in total. The number of rotatable bonds is 13. The molecule has 1 saturated heterocycles. The molecule has 8 N–H and O–H groups in total. The molecule has 1 amide bonds. The monoisotopic (exact) mass is 453 g/mol. The highest BCUT2D eigenvalue weighted by Gasteiger charge is 2.53. The van der Waals surface area contributed by atoms with Crippen LogP contribution >= 0.6 is 0 Å². The molecule has 4 unspecified atom stereocenters. The lowest BCUT2D eigenvalue weighted by atomic mass is 9.79. The predicted octanol–water partition coefficient (Wildman–Crippen LogP) is -5.67. The molecule has 1 aliphatic heterocycles. The number of ether oxygens (including phenoxy) is 2. The van der Waals surface area contributed by atoms with Crippen LogP contribution in [0.3, 0.4) is 0 Å². The Balaban J connectivity index is 2.83. The smallest absolute Gasteiger partial charge is 0.250 e. The number of aliphatic hydroxyl groups is 7. The highest BCUT2D eigenvalue weighted by molar-refractivity contribution is 6.43. The van der Waals surface area contributed by atoms with Gasteiger partial charge in [-0.3, -0.25) is 19.2 Å². The van der Waals surface area contributed by atoms with Crippen LogP contribution in [0, 0.1) is 5.92 Å². The van der Waals surface area contributed by atoms with Gasteiger partial charge in [0.15, 0.2) is 0 Å². The van der Waals surface area contributed by atoms with E-state index < -0.39 is 91.3 Å². The summed E-state index contributed by atoms with van der Waals surface area (Å²) in [5.74, 6) is -13.1. The van der Waals surface area contributed by atoms with E-state index in [1.165, 1.54) is 0 Å². The van der Waals surface area contributed by atoms with Crippen molar-refractivity contribution in [2.24, 2.45) is 5.92 Å². The van der Waals surface area contributed by atoms with Gasteiger partial charge in [-0.05, 0) is 6.92 Å². The second-order valence-corrected chi connectivity index (χ2v) is 7.31. The van der Waals surface area contributed by atoms with Crippen LogP contribution in [0.1, 0.15) is 13.3 Å². The first kappa shape index (κ1) is 27.2. The van der Waals surface area contributed by atoms with E-state index in [4.69, 9.17) is 14.6 Å². The van der Waals surface area contributed by atoms with E-state index in [0.717, 1.165) is 14.0 Å². The molecule has 0 radical (unpaired) electrons. The summed E-state index contributed by atoms with van der Waals surface area (Å²) in [7, 11) is 1.01. The third-order valence-electron chi connectivity index (χ3n) is 4.90. The molecule has 1 fully saturated rings. The zero-order chi connectivity index (χ0) is 24.2. The van der Waals surface area contributed by atoms with Crippen molar-refractivity contribution in [2.75, 3.05) is 33.5 Å². The fourth-order valence-electron chi connectivity index (χ4n) is 3.00. The third-order valence-corrected chi connectivity index (χ3v) is 4.90. The minimum Gasteiger partial charge on any atom is -0.391 e. The van der Waals surface area contributed by atoms with E-state index in [9.17, 15) is 49.8 Å². The number of amides is 1. The SMILES string of the molecule is COC(COCC(O)C(O)(O)C(O)(O)CO)C(=O)C(=O)C(C(C)=O)C1(O)CNC(=O)C1. The van der Waals surface area contributed by atoms with Gasteiger partial charge in [-0.1, -0.05) is 0 Å². The zero-order valence-electron chi connectivity index (χ0n) is 16.8. The first-order chi connectivity index (χ1) is 14.1. The van der Waals surface area contributed by atoms with Crippen molar-refractivity contribution < 1.29 is 64.4 Å². The largest absolute Gasteiger partial charge is 0.391 e. The number of carbonyl (C=O) groups is 4. The maximum absolute atomic E-state index is 12.6. The quantitative estimate of drug-likeness (QED) is 0.0737. The van der Waals surface area contributed by atoms with Gasteiger partial charge in [-0.15, -0.1) is 0 Å². The van der Waals surface area contributed by atoms with Gasteiger partial charge >= 0.3 is 0 Å². The van der Waals surface area contributed by atoms with Crippen molar-refractivity contribution in [3.05, 3.63) is 0 Å². The fourth-order valence-corrected chi connectivity index (χ4v) is 3.00. The Morgan fingerprint density at radius 2 is 1.74 bits per heavy atom. The first-order valence-electron chi connectivity index (χ1n) is 9.01. The Labute approximate surface area is 176 Å². The number of ketones is 3. The Hall–Kier alpha value is -1.88. The van der Waals surface area contributed by atoms with Crippen molar-refractivity contribution in [3.63, 3.8) is 0 Å². The van der Waals surface area contributed by atoms with Crippen LogP contribution < -0.4 is 5.32 Å². The number of carbonyl (C=O) groups excluding carboxylic acids is 4. The molecule has 14 heteroatoms. The van der Waals surface area contributed by atoms with Crippen molar-refractivity contribution in [3.8, 4) is 0 Å². The highest BCUT2D eigenvalue weighted by Crippen LogP contribution is 2.28. The van der Waals surface area contributed by atoms with Crippen molar-refractivity contribution in [1.82, 2.24) is 5.32 Å². The van der Waals surface area contributed by atoms with E-state index in [-0.39, 0.29) is 0 Å². The van der Waals surface area contributed by atoms with Gasteiger partial charge in [0, 0.05) is 13.7 Å². The van der Waals surface area contributed by atoms with Crippen LogP contribution in [0.15, 0.2) is 0 Å². The Kier molecular flexibility index (Phi) is 8.90. The van der Waals surface area contributed by atoms with Crippen molar-refractivity contribution >= 4 is 23.3 Å². The number of methoxy groups -OCH3 is 1. The number of nitrogens with one attached hydrogen (secondary N) is 1. The van der Waals surface area contributed by atoms with Crippen LogP contribution in [0.4, 0.5) is 0 Å². The van der Waals surface area contributed by atoms with Gasteiger partial charge in [0.25, 0.3) is 0 Å². The fraction of sp³-hybridized carbons (Fsp3) is 0.765. The third kappa shape index (κ3) is 5.88. The average Bonchev–Trinajstić information content (AvgIpc) is 3.02. The normalized spacial score (nSPS) is 22.5. The van der Waals surface area contributed by atoms with Gasteiger partial charge < -0.3 is 50.5 Å². The second kappa shape index (κ2) is 10.2. The molecule has 0 saturated carbocycles. The maximum atomic E-state index is 12.6. The van der Waals surface area contributed by atoms with Crippen molar-refractivity contribution in [1.29, 1.82) is 0 Å². The molecule has 1 heterocycles. The standard InChI is InChI=1S/C17H27NO13/c1-8(20)12(15(25)3-11(22)18-6-15)14(24)13(23)9(30-2)4-31-5-10(21)17(28,29)16(26,27)7-19/h9-10,12,19,21,25-29H,3-7H2,1-2H3,(H,18,22). The summed E-state index contributed by atoms with van der Waals surface area (Å²) in [5.41, 5.74) is -2.10. The van der Waals surface area contributed by atoms with Crippen molar-refractivity contribution in [2.45, 2.75) is 42.7 Å². The number of aliphatic hydroxyl groups excluding tert-OH is 2. The molecule has 0 aromatic heterocycles. The van der Waals surface area contributed by atoms with E-state index >= 15 is 0 Å². The lowest BCUT2D eigenvalue weighted by molar-refractivity contribution is -0.394. The van der Waals surface area contributed by atoms with Crippen LogP contribution in [-0.2, 0) is 28.7 Å². The van der Waals surface area contributed by atoms with Gasteiger partial charge in [-0.25, -0.2) is 0 Å². The topological polar surface area (TPSA) is 240 Å². The van der Waals surface area contributed by atoms with Crippen LogP contribution in [-0.4, -0.2) is 122 Å². The summed E-state index contributed by atoms with van der Waals surface area (Å²) < 4.78 is 9.69. The molecule has 178 valence electrons. The molecule has 0 aromatic rings. The summed E-state index contributed by atoms with van der Waals surface area (Å²) in [5, 5.41) is 68.8. The molecule has 1 aliphatic rings. The molecule has 0 aromatic carbocycles. The minimum absolute atomic E-state index is 0.417. The zero-order valence-corrected chi connectivity index (χ0v) is 16.8. The number of hydrogen-bond acceptors (Lipinski definition) is 13. The molecule has 31 heavy (non-hydrogen) atoms. The Morgan fingerprint density at radius 1 is 1.16 bits per heavy atom. The van der Waals surface area contributed by atoms with Gasteiger partial charge in [0.1, 0.15) is 36.1 Å². The van der Waals surface area contributed by atoms with Gasteiger partial charge in [-0.2, -0.15) is 0 Å². The molecular weight excluding hydrogens is 426 g/mol. The molecule has 0 spiro atoms. The molecule has 0 bridgehead atoms. The van der Waals surface area contributed by atoms with Crippen LogP contribution in [0.25, 0.3) is 0 Å². The molecular formula is C17H27NO13. The summed E-state index contributed by atoms with van der Waals surface area (Å²) in [6.07, 6.45) is -4.59. The molecule has 0 aliphatic carbocycles. The summed E-state index contributed by atoms with van der Waals surface area (Å²) in [4.78, 5) is 48.4. The Bertz CT molecular complexity index is 706. The van der Waals surface area contributed by atoms with Crippen LogP contribution in [0.5, 0.6) is 0 Å². The molecule has 4 atom stereocenters. The predicted molar refractivity (Wildman–Crippen MR) is 95.8 cm³/mol. The first-order valence-corrected chi connectivity index (χ1v) is 9.01. The summed E-state index contributed by atoms with van der Waals surface area (Å²) >= 11 is 0. The second-order valence-electron chi connectivity index (χ2n) is 7.31. The van der Waals surface area contributed by atoms with Gasteiger partial charge in [0.2, 0.25) is 29.0 Å². The maximum Gasteiger partial charge on any atom is 0.250 e. The number of hydrogen-bond donors (Lipinski definition) is 8. The van der Waals surface area contributed by atoms with Gasteiger partial charge in [0.05, 0.1) is 19.6 Å². The Morgan fingerprint density at radius 3 is 2.16 bits per heavy atom. The number of Topliss-reactive ketones (excluding diaryl/α,β-unsaturated/α-hetero) is 3. The van der Waals surface area contributed by atoms with E-state index in [1.807, 2.05) is 0 Å². The summed E-state index contributed by atoms with van der Waals surface area (Å²) in [6.45, 7) is -2.76. The van der Waals surface area contributed by atoms with E-state index in [2.05, 4.69) is 5.32 Å². The summed E-state index contributed by atoms with van der Waals surface area (Å²) in [6, 6.07) is 0. The molecule has 1 rings (SSSR count). The highest BCUT2D eigenvalue weighted by atomic mass is 16.6. The van der Waals surface area contributed by atoms with Crippen LogP contribution in [0.2, 0.25) is 0 Å². The lowest BCUT2D eigenvalue weighted by Gasteiger charge is -2.36. The average molecular weight is 453 g/mol. The lowest BCUT2D eigenvalue weighted by Crippen LogP contribution is -2.64. The minimum atomic E-state index is -3.62. The van der Waals surface area contributed by atoms with E-state index in [1.54, 1.807) is 0 Å². The number of β-amino-alcohol motifs (C(OH)–C–C–N with tert-alkyl or cyclic N) is 1.